The van der Waals surface area contributed by atoms with Gasteiger partial charge in [-0.15, -0.1) is 0 Å². The summed E-state index contributed by atoms with van der Waals surface area (Å²) in [5, 5.41) is 5.91. The summed E-state index contributed by atoms with van der Waals surface area (Å²) < 4.78 is 79.6. The molecule has 4 aromatic carbocycles. The second-order valence-corrected chi connectivity index (χ2v) is 11.9. The van der Waals surface area contributed by atoms with Crippen LogP contribution in [-0.4, -0.2) is 16.4 Å². The number of nitrogens with zero attached hydrogens (tertiary/aromatic N) is 1. The molecule has 2 N–H and O–H groups in total. The van der Waals surface area contributed by atoms with E-state index in [1.807, 2.05) is 24.3 Å². The number of aromatic nitrogens is 1. The van der Waals surface area contributed by atoms with Gasteiger partial charge in [0.25, 0.3) is 11.8 Å². The summed E-state index contributed by atoms with van der Waals surface area (Å²) in [4.78, 5) is 26.3. The molecule has 0 fully saturated rings. The van der Waals surface area contributed by atoms with Gasteiger partial charge in [0.1, 0.15) is 5.69 Å². The first-order valence-corrected chi connectivity index (χ1v) is 14.2. The number of hydrogen-bond donors (Lipinski definition) is 2. The lowest BCUT2D eigenvalue weighted by Gasteiger charge is -2.19. The van der Waals surface area contributed by atoms with Gasteiger partial charge in [0.15, 0.2) is 0 Å². The van der Waals surface area contributed by atoms with E-state index in [4.69, 9.17) is 0 Å². The molecule has 0 unspecified atom stereocenters. The number of fused-ring (bicyclic) bond motifs is 1. The Hall–Kier alpha value is -5.06. The van der Waals surface area contributed by atoms with E-state index >= 15 is 0 Å². The van der Waals surface area contributed by atoms with Crippen molar-refractivity contribution >= 4 is 34.1 Å². The van der Waals surface area contributed by atoms with E-state index in [1.54, 1.807) is 28.8 Å². The second kappa shape index (κ2) is 12.0. The zero-order chi connectivity index (χ0) is 33.4. The molecule has 0 aliphatic rings. The molecule has 2 amide bonds. The lowest BCUT2D eigenvalue weighted by Crippen LogP contribution is -2.18. The van der Waals surface area contributed by atoms with E-state index in [9.17, 15) is 35.9 Å². The number of halogens is 6. The van der Waals surface area contributed by atoms with Crippen molar-refractivity contribution in [2.45, 2.75) is 45.1 Å². The number of benzene rings is 4. The van der Waals surface area contributed by atoms with Crippen LogP contribution in [0.3, 0.4) is 0 Å². The minimum absolute atomic E-state index is 0.0287. The highest BCUT2D eigenvalue weighted by Crippen LogP contribution is 2.32. The van der Waals surface area contributed by atoms with Crippen molar-refractivity contribution in [2.24, 2.45) is 0 Å². The Morgan fingerprint density at radius 2 is 1.11 bits per heavy atom. The predicted octanol–water partition coefficient (Wildman–Crippen LogP) is 9.53. The number of rotatable bonds is 6. The number of anilines is 2. The van der Waals surface area contributed by atoms with Gasteiger partial charge < -0.3 is 15.2 Å². The van der Waals surface area contributed by atoms with Crippen LogP contribution in [0.4, 0.5) is 37.7 Å². The van der Waals surface area contributed by atoms with Gasteiger partial charge >= 0.3 is 12.4 Å². The second-order valence-electron chi connectivity index (χ2n) is 11.9. The summed E-state index contributed by atoms with van der Waals surface area (Å²) in [7, 11) is 0. The van der Waals surface area contributed by atoms with Gasteiger partial charge in [0, 0.05) is 34.4 Å². The van der Waals surface area contributed by atoms with Crippen molar-refractivity contribution in [3.63, 3.8) is 0 Å². The van der Waals surface area contributed by atoms with E-state index < -0.39 is 35.3 Å². The largest absolute Gasteiger partial charge is 0.416 e. The fourth-order valence-corrected chi connectivity index (χ4v) is 4.95. The molecule has 0 radical (unpaired) electrons. The molecule has 0 aliphatic heterocycles. The standard InChI is InChI=1S/C35H29F6N3O2/c1-33(2,3)24-8-4-21(5-9-24)20-44-29-17-16-28(43-31(45)22-6-10-25(11-7-22)34(36,37)38)18-23(29)19-30(44)32(46)42-27-14-12-26(13-15-27)35(39,40)41/h4-19H,20H2,1-3H3,(H,42,46)(H,43,45). The molecule has 1 aromatic heterocycles. The molecule has 0 saturated heterocycles. The minimum Gasteiger partial charge on any atom is -0.332 e. The third kappa shape index (κ3) is 7.25. The van der Waals surface area contributed by atoms with Gasteiger partial charge in [-0.25, -0.2) is 0 Å². The molecule has 46 heavy (non-hydrogen) atoms. The summed E-state index contributed by atoms with van der Waals surface area (Å²) in [6, 6.07) is 22.4. The summed E-state index contributed by atoms with van der Waals surface area (Å²) >= 11 is 0. The Balaban J connectivity index is 1.46. The first kappa shape index (κ1) is 32.3. The molecule has 1 heterocycles. The molecule has 5 nitrogen and oxygen atoms in total. The van der Waals surface area contributed by atoms with Gasteiger partial charge in [-0.1, -0.05) is 45.0 Å². The van der Waals surface area contributed by atoms with Gasteiger partial charge in [0.2, 0.25) is 0 Å². The Bertz CT molecular complexity index is 1880. The molecule has 0 saturated carbocycles. The van der Waals surface area contributed by atoms with Crippen LogP contribution in [0.2, 0.25) is 0 Å². The van der Waals surface area contributed by atoms with Crippen LogP contribution >= 0.6 is 0 Å². The molecule has 5 aromatic rings. The predicted molar refractivity (Wildman–Crippen MR) is 165 cm³/mol. The Kier molecular flexibility index (Phi) is 8.46. The average molecular weight is 638 g/mol. The number of amides is 2. The minimum atomic E-state index is -4.53. The number of hydrogen-bond acceptors (Lipinski definition) is 2. The molecule has 0 atom stereocenters. The van der Waals surface area contributed by atoms with Crippen molar-refractivity contribution in [2.75, 3.05) is 10.6 Å². The molecule has 0 aliphatic carbocycles. The Morgan fingerprint density at radius 1 is 0.609 bits per heavy atom. The van der Waals surface area contributed by atoms with Crippen LogP contribution in [0.5, 0.6) is 0 Å². The molecule has 11 heteroatoms. The maximum atomic E-state index is 13.5. The summed E-state index contributed by atoms with van der Waals surface area (Å²) in [6.45, 7) is 6.58. The first-order chi connectivity index (χ1) is 21.5. The van der Waals surface area contributed by atoms with Gasteiger partial charge in [-0.2, -0.15) is 26.3 Å². The van der Waals surface area contributed by atoms with Crippen LogP contribution in [0.1, 0.15) is 63.9 Å². The molecule has 238 valence electrons. The van der Waals surface area contributed by atoms with E-state index in [1.165, 1.54) is 12.1 Å². The maximum absolute atomic E-state index is 13.5. The van der Waals surface area contributed by atoms with Crippen molar-refractivity contribution in [1.82, 2.24) is 4.57 Å². The highest BCUT2D eigenvalue weighted by atomic mass is 19.4. The average Bonchev–Trinajstić information content (AvgIpc) is 3.34. The number of alkyl halides is 6. The van der Waals surface area contributed by atoms with Crippen LogP contribution in [0, 0.1) is 0 Å². The molecular weight excluding hydrogens is 608 g/mol. The fourth-order valence-electron chi connectivity index (χ4n) is 4.95. The topological polar surface area (TPSA) is 63.1 Å². The molecule has 0 bridgehead atoms. The van der Waals surface area contributed by atoms with E-state index in [-0.39, 0.29) is 22.4 Å². The molecular formula is C35H29F6N3O2. The van der Waals surface area contributed by atoms with Crippen molar-refractivity contribution < 1.29 is 35.9 Å². The SMILES string of the molecule is CC(C)(C)c1ccc(Cn2c(C(=O)Nc3ccc(C(F)(F)F)cc3)cc3cc(NC(=O)c4ccc(C(F)(F)F)cc4)ccc32)cc1. The normalized spacial score (nSPS) is 12.3. The third-order valence-electron chi connectivity index (χ3n) is 7.50. The van der Waals surface area contributed by atoms with Gasteiger partial charge in [-0.05, 0) is 89.3 Å². The number of carbonyl (C=O) groups excluding carboxylic acids is 2. The zero-order valence-corrected chi connectivity index (χ0v) is 25.0. The fraction of sp³-hybridized carbons (Fsp3) is 0.200. The van der Waals surface area contributed by atoms with E-state index in [2.05, 4.69) is 31.4 Å². The van der Waals surface area contributed by atoms with Crippen molar-refractivity contribution in [3.05, 3.63) is 131 Å². The Morgan fingerprint density at radius 3 is 1.65 bits per heavy atom. The zero-order valence-electron chi connectivity index (χ0n) is 25.0. The smallest absolute Gasteiger partial charge is 0.332 e. The van der Waals surface area contributed by atoms with Crippen LogP contribution in [0.25, 0.3) is 10.9 Å². The highest BCUT2D eigenvalue weighted by molar-refractivity contribution is 6.08. The highest BCUT2D eigenvalue weighted by Gasteiger charge is 2.31. The monoisotopic (exact) mass is 637 g/mol. The Labute approximate surface area is 260 Å². The third-order valence-corrected chi connectivity index (χ3v) is 7.50. The lowest BCUT2D eigenvalue weighted by molar-refractivity contribution is -0.138. The summed E-state index contributed by atoms with van der Waals surface area (Å²) in [5.74, 6) is -1.18. The van der Waals surface area contributed by atoms with Crippen LogP contribution < -0.4 is 10.6 Å². The van der Waals surface area contributed by atoms with Gasteiger partial charge in [0.05, 0.1) is 11.1 Å². The van der Waals surface area contributed by atoms with Gasteiger partial charge in [-0.3, -0.25) is 9.59 Å². The number of nitrogens with one attached hydrogen (secondary N) is 2. The van der Waals surface area contributed by atoms with E-state index in [0.29, 0.717) is 23.1 Å². The first-order valence-electron chi connectivity index (χ1n) is 14.2. The van der Waals surface area contributed by atoms with Crippen molar-refractivity contribution in [1.29, 1.82) is 0 Å². The van der Waals surface area contributed by atoms with E-state index in [0.717, 1.165) is 47.5 Å². The summed E-state index contributed by atoms with van der Waals surface area (Å²) in [6.07, 6.45) is -9.05. The molecule has 5 rings (SSSR count). The molecule has 0 spiro atoms. The summed E-state index contributed by atoms with van der Waals surface area (Å²) in [5.41, 5.74) is 1.66. The lowest BCUT2D eigenvalue weighted by atomic mass is 9.87. The van der Waals surface area contributed by atoms with Crippen LogP contribution in [0.15, 0.2) is 97.1 Å². The quantitative estimate of drug-likeness (QED) is 0.182. The van der Waals surface area contributed by atoms with Crippen molar-refractivity contribution in [3.8, 4) is 0 Å². The van der Waals surface area contributed by atoms with Crippen LogP contribution in [-0.2, 0) is 24.3 Å². The maximum Gasteiger partial charge on any atom is 0.416 e. The number of carbonyl (C=O) groups is 2.